The van der Waals surface area contributed by atoms with Crippen molar-refractivity contribution < 1.29 is 28.6 Å². The summed E-state index contributed by atoms with van der Waals surface area (Å²) in [6.45, 7) is 6.21. The molecule has 0 spiro atoms. The van der Waals surface area contributed by atoms with Crippen molar-refractivity contribution in [3.05, 3.63) is 158 Å². The van der Waals surface area contributed by atoms with Gasteiger partial charge in [0.15, 0.2) is 6.10 Å². The third-order valence-corrected chi connectivity index (χ3v) is 11.3. The van der Waals surface area contributed by atoms with Gasteiger partial charge in [0.25, 0.3) is 0 Å². The molecule has 6 heteroatoms. The van der Waals surface area contributed by atoms with E-state index in [1.165, 1.54) is 12.8 Å². The lowest BCUT2D eigenvalue weighted by Gasteiger charge is -2.18. The molecule has 1 unspecified atom stereocenters. The number of carbonyl (C=O) groups excluding carboxylic acids is 3. The van der Waals surface area contributed by atoms with Crippen LogP contribution in [0.3, 0.4) is 0 Å². The van der Waals surface area contributed by atoms with Crippen molar-refractivity contribution in [3.63, 3.8) is 0 Å². The van der Waals surface area contributed by atoms with Crippen LogP contribution in [0.1, 0.15) is 220 Å². The molecule has 0 saturated heterocycles. The highest BCUT2D eigenvalue weighted by molar-refractivity contribution is 5.71. The molecule has 0 aliphatic heterocycles. The third-order valence-electron chi connectivity index (χ3n) is 11.3. The second-order valence-electron chi connectivity index (χ2n) is 18.0. The fraction of sp³-hybridized carbons (Fsp3) is 0.561. The second kappa shape index (κ2) is 58.6. The van der Waals surface area contributed by atoms with E-state index >= 15 is 0 Å². The van der Waals surface area contributed by atoms with Crippen LogP contribution in [0.4, 0.5) is 0 Å². The van der Waals surface area contributed by atoms with Crippen molar-refractivity contribution in [1.29, 1.82) is 0 Å². The summed E-state index contributed by atoms with van der Waals surface area (Å²) in [6.07, 6.45) is 85.1. The average molecular weight is 992 g/mol. The van der Waals surface area contributed by atoms with Crippen LogP contribution in [0.5, 0.6) is 0 Å². The molecular formula is C66H102O6. The van der Waals surface area contributed by atoms with Gasteiger partial charge in [0.1, 0.15) is 13.2 Å². The Bertz CT molecular complexity index is 1660. The zero-order chi connectivity index (χ0) is 52.2. The number of unbranched alkanes of at least 4 members (excludes halogenated alkanes) is 12. The summed E-state index contributed by atoms with van der Waals surface area (Å²) >= 11 is 0. The first-order valence-electron chi connectivity index (χ1n) is 28.5. The molecular weight excluding hydrogens is 889 g/mol. The Balaban J connectivity index is 4.57. The predicted octanol–water partition coefficient (Wildman–Crippen LogP) is 19.4. The molecule has 6 nitrogen and oxygen atoms in total. The fourth-order valence-electron chi connectivity index (χ4n) is 7.10. The van der Waals surface area contributed by atoms with Crippen molar-refractivity contribution in [1.82, 2.24) is 0 Å². The Kier molecular flexibility index (Phi) is 54.6. The van der Waals surface area contributed by atoms with Gasteiger partial charge in [0.2, 0.25) is 0 Å². The minimum Gasteiger partial charge on any atom is -0.462 e. The Morgan fingerprint density at radius 3 is 0.792 bits per heavy atom. The largest absolute Gasteiger partial charge is 0.462 e. The maximum Gasteiger partial charge on any atom is 0.306 e. The number of ether oxygens (including phenoxy) is 3. The van der Waals surface area contributed by atoms with Crippen LogP contribution >= 0.6 is 0 Å². The average Bonchev–Trinajstić information content (AvgIpc) is 3.38. The lowest BCUT2D eigenvalue weighted by Crippen LogP contribution is -2.30. The fourth-order valence-corrected chi connectivity index (χ4v) is 7.10. The van der Waals surface area contributed by atoms with Crippen LogP contribution in [0.15, 0.2) is 158 Å². The highest BCUT2D eigenvalue weighted by atomic mass is 16.6. The van der Waals surface area contributed by atoms with Crippen LogP contribution in [-0.2, 0) is 28.6 Å². The molecule has 0 amide bonds. The maximum atomic E-state index is 12.9. The number of hydrogen-bond donors (Lipinski definition) is 0. The number of allylic oxidation sites excluding steroid dienone is 26. The summed E-state index contributed by atoms with van der Waals surface area (Å²) in [5, 5.41) is 0. The van der Waals surface area contributed by atoms with Gasteiger partial charge in [0, 0.05) is 19.3 Å². The van der Waals surface area contributed by atoms with Gasteiger partial charge in [-0.25, -0.2) is 0 Å². The normalized spacial score (nSPS) is 13.3. The topological polar surface area (TPSA) is 78.9 Å². The SMILES string of the molecule is CC/C=C\C/C=C\C/C=C\C/C=C\C/C=C\CCCCCC(=O)OCC(COC(=O)CCCCC/C=C\C/C=C\C/C=C\C/C=C\CC)OC(=O)CCCCCCCC/C=C\C/C=C\C/C=C\C/C=C\CC. The molecule has 0 radical (unpaired) electrons. The molecule has 0 aromatic heterocycles. The van der Waals surface area contributed by atoms with Gasteiger partial charge in [-0.05, 0) is 141 Å². The van der Waals surface area contributed by atoms with Crippen LogP contribution in [0.25, 0.3) is 0 Å². The van der Waals surface area contributed by atoms with Crippen molar-refractivity contribution in [2.45, 2.75) is 226 Å². The molecule has 0 N–H and O–H groups in total. The monoisotopic (exact) mass is 991 g/mol. The second-order valence-corrected chi connectivity index (χ2v) is 18.0. The quantitative estimate of drug-likeness (QED) is 0.0262. The molecule has 0 bridgehead atoms. The van der Waals surface area contributed by atoms with Gasteiger partial charge < -0.3 is 14.2 Å². The van der Waals surface area contributed by atoms with Crippen LogP contribution in [0.2, 0.25) is 0 Å². The van der Waals surface area contributed by atoms with Crippen LogP contribution in [-0.4, -0.2) is 37.2 Å². The lowest BCUT2D eigenvalue weighted by molar-refractivity contribution is -0.167. The van der Waals surface area contributed by atoms with E-state index in [1.54, 1.807) is 0 Å². The molecule has 0 aromatic rings. The first-order valence-corrected chi connectivity index (χ1v) is 28.5. The summed E-state index contributed by atoms with van der Waals surface area (Å²) in [5.74, 6) is -1.00. The minimum absolute atomic E-state index is 0.119. The third kappa shape index (κ3) is 56.0. The van der Waals surface area contributed by atoms with Crippen molar-refractivity contribution in [2.24, 2.45) is 0 Å². The van der Waals surface area contributed by atoms with Gasteiger partial charge in [-0.3, -0.25) is 14.4 Å². The van der Waals surface area contributed by atoms with Crippen molar-refractivity contribution >= 4 is 17.9 Å². The Morgan fingerprint density at radius 2 is 0.500 bits per heavy atom. The summed E-state index contributed by atoms with van der Waals surface area (Å²) in [6, 6.07) is 0. The maximum absolute atomic E-state index is 12.9. The number of hydrogen-bond acceptors (Lipinski definition) is 6. The highest BCUT2D eigenvalue weighted by Gasteiger charge is 2.19. The summed E-state index contributed by atoms with van der Waals surface area (Å²) in [5.41, 5.74) is 0. The smallest absolute Gasteiger partial charge is 0.306 e. The van der Waals surface area contributed by atoms with Crippen molar-refractivity contribution in [3.8, 4) is 0 Å². The highest BCUT2D eigenvalue weighted by Crippen LogP contribution is 2.13. The molecule has 402 valence electrons. The van der Waals surface area contributed by atoms with E-state index in [2.05, 4.69) is 179 Å². The Hall–Kier alpha value is -4.97. The van der Waals surface area contributed by atoms with Gasteiger partial charge in [-0.1, -0.05) is 217 Å². The molecule has 0 rings (SSSR count). The Labute approximate surface area is 441 Å². The van der Waals surface area contributed by atoms with Gasteiger partial charge >= 0.3 is 17.9 Å². The van der Waals surface area contributed by atoms with Gasteiger partial charge in [-0.2, -0.15) is 0 Å². The molecule has 0 saturated carbocycles. The van der Waals surface area contributed by atoms with E-state index in [1.807, 2.05) is 0 Å². The van der Waals surface area contributed by atoms with E-state index in [4.69, 9.17) is 14.2 Å². The number of esters is 3. The summed E-state index contributed by atoms with van der Waals surface area (Å²) < 4.78 is 16.8. The summed E-state index contributed by atoms with van der Waals surface area (Å²) in [4.78, 5) is 38.2. The zero-order valence-electron chi connectivity index (χ0n) is 45.9. The molecule has 1 atom stereocenters. The zero-order valence-corrected chi connectivity index (χ0v) is 45.9. The predicted molar refractivity (Wildman–Crippen MR) is 311 cm³/mol. The van der Waals surface area contributed by atoms with E-state index < -0.39 is 6.10 Å². The molecule has 0 aliphatic carbocycles. The molecule has 0 aliphatic rings. The van der Waals surface area contributed by atoms with E-state index in [0.29, 0.717) is 12.8 Å². The summed E-state index contributed by atoms with van der Waals surface area (Å²) in [7, 11) is 0. The molecule has 0 heterocycles. The van der Waals surface area contributed by atoms with Gasteiger partial charge in [0.05, 0.1) is 0 Å². The lowest BCUT2D eigenvalue weighted by atomic mass is 10.1. The van der Waals surface area contributed by atoms with Gasteiger partial charge in [-0.15, -0.1) is 0 Å². The Morgan fingerprint density at radius 1 is 0.278 bits per heavy atom. The van der Waals surface area contributed by atoms with E-state index in [9.17, 15) is 14.4 Å². The van der Waals surface area contributed by atoms with Crippen molar-refractivity contribution in [2.75, 3.05) is 13.2 Å². The van der Waals surface area contributed by atoms with Crippen LogP contribution < -0.4 is 0 Å². The molecule has 0 aromatic carbocycles. The number of rotatable bonds is 49. The standard InChI is InChI=1S/C66H102O6/c1-4-7-10-13-16-19-22-25-28-31-33-35-38-41-44-47-50-53-56-59-65(68)71-62-63(61-70-64(67)58-55-52-49-46-43-40-37-30-27-24-21-18-15-12-9-6-3)72-66(69)60-57-54-51-48-45-42-39-36-34-32-29-26-23-20-17-14-11-8-5-2/h7-12,16-21,25-30,33-36,40-41,43-44,63H,4-6,13-15,22-24,31-32,37-39,42,45-62H2,1-3H3/b10-7-,11-8-,12-9-,19-16-,20-17-,21-18-,28-25-,29-26-,30-27-,35-33-,36-34-,43-40-,44-41-. The van der Waals surface area contributed by atoms with Crippen LogP contribution in [0, 0.1) is 0 Å². The molecule has 0 fully saturated rings. The molecule has 72 heavy (non-hydrogen) atoms. The first kappa shape index (κ1) is 67.0. The minimum atomic E-state index is -0.822. The van der Waals surface area contributed by atoms with E-state index in [-0.39, 0.29) is 37.5 Å². The first-order chi connectivity index (χ1) is 35.5. The number of carbonyl (C=O) groups is 3. The van der Waals surface area contributed by atoms with E-state index in [0.717, 1.165) is 167 Å².